The second-order valence-electron chi connectivity index (χ2n) is 5.24. The fraction of sp³-hybridized carbons (Fsp3) is 0.0588. The highest BCUT2D eigenvalue weighted by Gasteiger charge is 2.30. The molecule has 0 aliphatic carbocycles. The van der Waals surface area contributed by atoms with Crippen molar-refractivity contribution < 1.29 is 22.7 Å². The van der Waals surface area contributed by atoms with E-state index in [0.717, 1.165) is 5.69 Å². The number of tetrazole rings is 1. The zero-order valence-electron chi connectivity index (χ0n) is 13.6. The largest absolute Gasteiger partial charge is 0.573 e. The monoisotopic (exact) mass is 375 g/mol. The summed E-state index contributed by atoms with van der Waals surface area (Å²) in [4.78, 5) is 11.9. The molecule has 0 aliphatic heterocycles. The molecule has 1 heterocycles. The summed E-state index contributed by atoms with van der Waals surface area (Å²) < 4.78 is 41.6. The van der Waals surface area contributed by atoms with E-state index in [1.165, 1.54) is 47.4 Å². The molecule has 138 valence electrons. The van der Waals surface area contributed by atoms with Crippen molar-refractivity contribution in [3.8, 4) is 11.4 Å². The van der Waals surface area contributed by atoms with E-state index in [4.69, 9.17) is 0 Å². The molecule has 7 nitrogen and oxygen atoms in total. The molecule has 0 aliphatic rings. The van der Waals surface area contributed by atoms with Crippen LogP contribution >= 0.6 is 0 Å². The Morgan fingerprint density at radius 2 is 1.78 bits per heavy atom. The molecule has 27 heavy (non-hydrogen) atoms. The molecule has 3 aromatic rings. The fourth-order valence-electron chi connectivity index (χ4n) is 2.11. The van der Waals surface area contributed by atoms with Crippen molar-refractivity contribution in [1.29, 1.82) is 0 Å². The third kappa shape index (κ3) is 5.39. The van der Waals surface area contributed by atoms with Crippen LogP contribution < -0.4 is 10.1 Å². The maximum absolute atomic E-state index is 12.1. The molecule has 10 heteroatoms. The average molecular weight is 375 g/mol. The molecule has 0 radical (unpaired) electrons. The summed E-state index contributed by atoms with van der Waals surface area (Å²) in [5.41, 5.74) is 1.85. The first kappa shape index (κ1) is 18.1. The van der Waals surface area contributed by atoms with Crippen LogP contribution in [0.15, 0.2) is 60.9 Å². The summed E-state index contributed by atoms with van der Waals surface area (Å²) in [5.74, 6) is -0.715. The second-order valence-corrected chi connectivity index (χ2v) is 5.24. The van der Waals surface area contributed by atoms with Gasteiger partial charge in [0.25, 0.3) is 0 Å². The number of hydrogen-bond donors (Lipinski definition) is 1. The highest BCUT2D eigenvalue weighted by atomic mass is 19.4. The van der Waals surface area contributed by atoms with Crippen LogP contribution in [0.5, 0.6) is 5.75 Å². The van der Waals surface area contributed by atoms with Crippen LogP contribution in [0.2, 0.25) is 0 Å². The minimum atomic E-state index is -4.74. The number of ether oxygens (including phenoxy) is 1. The van der Waals surface area contributed by atoms with Gasteiger partial charge in [-0.25, -0.2) is 4.68 Å². The summed E-state index contributed by atoms with van der Waals surface area (Å²) in [6, 6.07) is 12.0. The van der Waals surface area contributed by atoms with Gasteiger partial charge >= 0.3 is 6.36 Å². The lowest BCUT2D eigenvalue weighted by atomic mass is 10.2. The molecule has 1 aromatic heterocycles. The van der Waals surface area contributed by atoms with E-state index in [1.807, 2.05) is 0 Å². The number of nitrogens with one attached hydrogen (secondary N) is 1. The standard InChI is InChI=1S/C17H12F3N5O2/c18-17(19,20)27-15-8-1-12(2-9-15)3-10-16(26)22-13-4-6-14(7-5-13)25-11-21-23-24-25/h1-11H,(H,22,26)/b10-3+. The summed E-state index contributed by atoms with van der Waals surface area (Å²) in [7, 11) is 0. The summed E-state index contributed by atoms with van der Waals surface area (Å²) >= 11 is 0. The van der Waals surface area contributed by atoms with E-state index < -0.39 is 6.36 Å². The normalized spacial score (nSPS) is 11.5. The van der Waals surface area contributed by atoms with Crippen LogP contribution in [0.25, 0.3) is 11.8 Å². The van der Waals surface area contributed by atoms with Crippen LogP contribution in [0.4, 0.5) is 18.9 Å². The van der Waals surface area contributed by atoms with Crippen LogP contribution in [-0.4, -0.2) is 32.5 Å². The van der Waals surface area contributed by atoms with Crippen molar-refractivity contribution >= 4 is 17.7 Å². The van der Waals surface area contributed by atoms with Crippen LogP contribution in [0.1, 0.15) is 5.56 Å². The van der Waals surface area contributed by atoms with Crippen LogP contribution in [-0.2, 0) is 4.79 Å². The maximum Gasteiger partial charge on any atom is 0.573 e. The lowest BCUT2D eigenvalue weighted by Crippen LogP contribution is -2.16. The number of halogens is 3. The van der Waals surface area contributed by atoms with Gasteiger partial charge in [-0.3, -0.25) is 4.79 Å². The summed E-state index contributed by atoms with van der Waals surface area (Å²) in [5, 5.41) is 13.5. The first-order valence-electron chi connectivity index (χ1n) is 7.57. The summed E-state index contributed by atoms with van der Waals surface area (Å²) in [6.07, 6.45) is -0.546. The quantitative estimate of drug-likeness (QED) is 0.693. The minimum absolute atomic E-state index is 0.327. The smallest absolute Gasteiger partial charge is 0.406 e. The number of anilines is 1. The molecule has 3 rings (SSSR count). The predicted molar refractivity (Wildman–Crippen MR) is 89.9 cm³/mol. The Morgan fingerprint density at radius 3 is 2.37 bits per heavy atom. The molecule has 0 spiro atoms. The van der Waals surface area contributed by atoms with Gasteiger partial charge in [-0.2, -0.15) is 0 Å². The van der Waals surface area contributed by atoms with E-state index in [1.54, 1.807) is 24.3 Å². The first-order chi connectivity index (χ1) is 12.9. The molecule has 1 N–H and O–H groups in total. The van der Waals surface area contributed by atoms with E-state index in [9.17, 15) is 18.0 Å². The van der Waals surface area contributed by atoms with Gasteiger partial charge in [0, 0.05) is 11.8 Å². The highest BCUT2D eigenvalue weighted by Crippen LogP contribution is 2.23. The lowest BCUT2D eigenvalue weighted by Gasteiger charge is -2.08. The fourth-order valence-corrected chi connectivity index (χ4v) is 2.11. The van der Waals surface area contributed by atoms with Gasteiger partial charge in [0.15, 0.2) is 0 Å². The number of alkyl halides is 3. The molecule has 0 saturated heterocycles. The topological polar surface area (TPSA) is 81.9 Å². The Bertz CT molecular complexity index is 921. The SMILES string of the molecule is O=C(/C=C/c1ccc(OC(F)(F)F)cc1)Nc1ccc(-n2cnnn2)cc1. The number of hydrogen-bond acceptors (Lipinski definition) is 5. The lowest BCUT2D eigenvalue weighted by molar-refractivity contribution is -0.274. The van der Waals surface area contributed by atoms with Crippen molar-refractivity contribution in [2.24, 2.45) is 0 Å². The van der Waals surface area contributed by atoms with Crippen molar-refractivity contribution in [2.45, 2.75) is 6.36 Å². The Labute approximate surface area is 151 Å². The molecule has 0 fully saturated rings. The number of carbonyl (C=O) groups is 1. The third-order valence-electron chi connectivity index (χ3n) is 3.29. The van der Waals surface area contributed by atoms with Crippen molar-refractivity contribution in [2.75, 3.05) is 5.32 Å². The van der Waals surface area contributed by atoms with Gasteiger partial charge < -0.3 is 10.1 Å². The molecular formula is C17H12F3N5O2. The first-order valence-corrected chi connectivity index (χ1v) is 7.57. The van der Waals surface area contributed by atoms with Gasteiger partial charge in [0.1, 0.15) is 12.1 Å². The summed E-state index contributed by atoms with van der Waals surface area (Å²) in [6.45, 7) is 0. The molecule has 1 amide bonds. The van der Waals surface area contributed by atoms with E-state index in [0.29, 0.717) is 11.3 Å². The number of amides is 1. The number of benzene rings is 2. The van der Waals surface area contributed by atoms with Gasteiger partial charge in [-0.1, -0.05) is 12.1 Å². The Balaban J connectivity index is 1.57. The van der Waals surface area contributed by atoms with Crippen molar-refractivity contribution in [3.05, 3.63) is 66.5 Å². The maximum atomic E-state index is 12.1. The van der Waals surface area contributed by atoms with Crippen molar-refractivity contribution in [3.63, 3.8) is 0 Å². The molecule has 0 bridgehead atoms. The Hall–Kier alpha value is -3.69. The number of aromatic nitrogens is 4. The highest BCUT2D eigenvalue weighted by molar-refractivity contribution is 6.01. The van der Waals surface area contributed by atoms with Gasteiger partial charge in [-0.05, 0) is 58.5 Å². The zero-order chi connectivity index (χ0) is 19.3. The molecular weight excluding hydrogens is 363 g/mol. The molecule has 0 atom stereocenters. The van der Waals surface area contributed by atoms with E-state index in [2.05, 4.69) is 25.6 Å². The van der Waals surface area contributed by atoms with E-state index >= 15 is 0 Å². The Kier molecular flexibility index (Phi) is 5.15. The van der Waals surface area contributed by atoms with Crippen molar-refractivity contribution in [1.82, 2.24) is 20.2 Å². The molecule has 0 saturated carbocycles. The van der Waals surface area contributed by atoms with Gasteiger partial charge in [0.05, 0.1) is 5.69 Å². The zero-order valence-corrected chi connectivity index (χ0v) is 13.6. The number of rotatable bonds is 5. The third-order valence-corrected chi connectivity index (χ3v) is 3.29. The van der Waals surface area contributed by atoms with Crippen LogP contribution in [0, 0.1) is 0 Å². The molecule has 2 aromatic carbocycles. The second kappa shape index (κ2) is 7.68. The van der Waals surface area contributed by atoms with Gasteiger partial charge in [0.2, 0.25) is 5.91 Å². The van der Waals surface area contributed by atoms with Gasteiger partial charge in [-0.15, -0.1) is 18.3 Å². The van der Waals surface area contributed by atoms with Crippen LogP contribution in [0.3, 0.4) is 0 Å². The molecule has 0 unspecified atom stereocenters. The number of nitrogens with zero attached hydrogens (tertiary/aromatic N) is 4. The number of carbonyl (C=O) groups excluding carboxylic acids is 1. The predicted octanol–water partition coefficient (Wildman–Crippen LogP) is 3.21. The Morgan fingerprint density at radius 1 is 1.07 bits per heavy atom. The van der Waals surface area contributed by atoms with E-state index in [-0.39, 0.29) is 11.7 Å². The minimum Gasteiger partial charge on any atom is -0.406 e. The average Bonchev–Trinajstić information content (AvgIpc) is 3.15.